The Kier molecular flexibility index (Phi) is 5.29. The van der Waals surface area contributed by atoms with Crippen LogP contribution in [0.25, 0.3) is 0 Å². The van der Waals surface area contributed by atoms with Crippen molar-refractivity contribution < 1.29 is 14.4 Å². The number of amides is 3. The summed E-state index contributed by atoms with van der Waals surface area (Å²) in [4.78, 5) is 40.7. The third-order valence-electron chi connectivity index (χ3n) is 4.78. The smallest absolute Gasteiger partial charge is 0.287 e. The highest BCUT2D eigenvalue weighted by atomic mass is 16.2. The van der Waals surface area contributed by atoms with Gasteiger partial charge in [-0.15, -0.1) is 0 Å². The maximum Gasteiger partial charge on any atom is 0.287 e. The second-order valence-corrected chi connectivity index (χ2v) is 6.79. The molecule has 2 aromatic rings. The molecule has 3 amide bonds. The van der Waals surface area contributed by atoms with E-state index < -0.39 is 0 Å². The van der Waals surface area contributed by atoms with Crippen molar-refractivity contribution in [2.24, 2.45) is 20.0 Å². The van der Waals surface area contributed by atoms with Crippen LogP contribution in [-0.2, 0) is 18.9 Å². The second-order valence-electron chi connectivity index (χ2n) is 6.79. The number of anilines is 2. The van der Waals surface area contributed by atoms with Crippen molar-refractivity contribution >= 4 is 29.2 Å². The normalized spacial score (nSPS) is 14.2. The van der Waals surface area contributed by atoms with E-state index >= 15 is 0 Å². The van der Waals surface area contributed by atoms with Gasteiger partial charge in [0, 0.05) is 39.5 Å². The fourth-order valence-corrected chi connectivity index (χ4v) is 3.32. The summed E-state index contributed by atoms with van der Waals surface area (Å²) in [5.41, 5.74) is 0.968. The Bertz CT molecular complexity index is 876. The van der Waals surface area contributed by atoms with E-state index in [4.69, 9.17) is 0 Å². The van der Waals surface area contributed by atoms with Crippen molar-refractivity contribution in [3.05, 3.63) is 30.0 Å². The number of carbonyl (C=O) groups excluding carboxylic acids is 3. The van der Waals surface area contributed by atoms with E-state index in [9.17, 15) is 14.4 Å². The molecule has 2 heterocycles. The van der Waals surface area contributed by atoms with E-state index in [1.807, 2.05) is 0 Å². The first-order chi connectivity index (χ1) is 12.9. The molecule has 2 aromatic heterocycles. The molecule has 1 fully saturated rings. The van der Waals surface area contributed by atoms with Gasteiger partial charge in [-0.05, 0) is 18.9 Å². The first-order valence-electron chi connectivity index (χ1n) is 8.93. The van der Waals surface area contributed by atoms with E-state index in [-0.39, 0.29) is 35.3 Å². The molecule has 144 valence electrons. The second kappa shape index (κ2) is 7.65. The molecule has 1 aliphatic rings. The minimum absolute atomic E-state index is 0.00463. The molecule has 1 saturated carbocycles. The van der Waals surface area contributed by atoms with Crippen LogP contribution < -0.4 is 16.0 Å². The van der Waals surface area contributed by atoms with Gasteiger partial charge in [0.2, 0.25) is 11.7 Å². The van der Waals surface area contributed by atoms with Crippen molar-refractivity contribution in [1.29, 1.82) is 0 Å². The Labute approximate surface area is 157 Å². The van der Waals surface area contributed by atoms with E-state index in [1.54, 1.807) is 37.1 Å². The van der Waals surface area contributed by atoms with Gasteiger partial charge in [0.15, 0.2) is 5.82 Å². The monoisotopic (exact) mass is 372 g/mol. The summed E-state index contributed by atoms with van der Waals surface area (Å²) in [6.45, 7) is 0. The number of aromatic nitrogens is 3. The Morgan fingerprint density at radius 3 is 2.41 bits per heavy atom. The molecule has 0 spiro atoms. The minimum atomic E-state index is -0.375. The average molecular weight is 372 g/mol. The lowest BCUT2D eigenvalue weighted by Crippen LogP contribution is -2.21. The summed E-state index contributed by atoms with van der Waals surface area (Å²) in [7, 11) is 4.92. The maximum atomic E-state index is 12.6. The van der Waals surface area contributed by atoms with Crippen LogP contribution >= 0.6 is 0 Å². The summed E-state index contributed by atoms with van der Waals surface area (Å²) in [6, 6.07) is 1.63. The lowest BCUT2D eigenvalue weighted by Gasteiger charge is -2.08. The predicted octanol–water partition coefficient (Wildman–Crippen LogP) is 1.50. The zero-order valence-electron chi connectivity index (χ0n) is 15.7. The number of nitrogens with one attached hydrogen (secondary N) is 3. The van der Waals surface area contributed by atoms with Gasteiger partial charge in [0.1, 0.15) is 5.69 Å². The van der Waals surface area contributed by atoms with Gasteiger partial charge in [0.05, 0.1) is 5.69 Å². The lowest BCUT2D eigenvalue weighted by molar-refractivity contribution is -0.119. The molecule has 3 rings (SSSR count). The fourth-order valence-electron chi connectivity index (χ4n) is 3.32. The first kappa shape index (κ1) is 18.7. The van der Waals surface area contributed by atoms with Crippen LogP contribution in [0.3, 0.4) is 0 Å². The van der Waals surface area contributed by atoms with Crippen LogP contribution in [0, 0.1) is 5.92 Å². The molecule has 9 nitrogen and oxygen atoms in total. The van der Waals surface area contributed by atoms with E-state index in [0.717, 1.165) is 25.7 Å². The van der Waals surface area contributed by atoms with Crippen LogP contribution in [0.5, 0.6) is 0 Å². The van der Waals surface area contributed by atoms with Crippen molar-refractivity contribution in [3.8, 4) is 0 Å². The van der Waals surface area contributed by atoms with Crippen LogP contribution in [-0.4, -0.2) is 38.9 Å². The molecule has 0 bridgehead atoms. The minimum Gasteiger partial charge on any atom is -0.352 e. The summed E-state index contributed by atoms with van der Waals surface area (Å²) in [6.07, 6.45) is 7.27. The molecular weight excluding hydrogens is 348 g/mol. The summed E-state index contributed by atoms with van der Waals surface area (Å²) >= 11 is 0. The summed E-state index contributed by atoms with van der Waals surface area (Å²) in [5.74, 6) is -0.179. The van der Waals surface area contributed by atoms with Crippen LogP contribution in [0.1, 0.15) is 46.8 Å². The zero-order valence-corrected chi connectivity index (χ0v) is 15.7. The molecule has 9 heteroatoms. The van der Waals surface area contributed by atoms with Crippen LogP contribution in [0.15, 0.2) is 18.5 Å². The number of hydrogen-bond donors (Lipinski definition) is 3. The largest absolute Gasteiger partial charge is 0.352 e. The molecular formula is C18H24N6O3. The Morgan fingerprint density at radius 2 is 1.74 bits per heavy atom. The number of nitrogens with zero attached hydrogens (tertiary/aromatic N) is 3. The third kappa shape index (κ3) is 4.02. The first-order valence-corrected chi connectivity index (χ1v) is 8.93. The Hall–Kier alpha value is -3.10. The van der Waals surface area contributed by atoms with Crippen LogP contribution in [0.2, 0.25) is 0 Å². The molecule has 27 heavy (non-hydrogen) atoms. The Balaban J connectivity index is 1.69. The van der Waals surface area contributed by atoms with Gasteiger partial charge >= 0.3 is 0 Å². The van der Waals surface area contributed by atoms with Crippen molar-refractivity contribution in [2.75, 3.05) is 17.7 Å². The van der Waals surface area contributed by atoms with Gasteiger partial charge in [0.25, 0.3) is 11.8 Å². The van der Waals surface area contributed by atoms with Gasteiger partial charge in [-0.25, -0.2) is 4.98 Å². The van der Waals surface area contributed by atoms with Crippen molar-refractivity contribution in [2.45, 2.75) is 25.7 Å². The molecule has 3 N–H and O–H groups in total. The highest BCUT2D eigenvalue weighted by Crippen LogP contribution is 2.26. The zero-order chi connectivity index (χ0) is 19.6. The SMILES string of the molecule is CNC(=O)c1nc(NC(=O)c2cc(NC(=O)C3CCCC3)cn2C)cn1C. The summed E-state index contributed by atoms with van der Waals surface area (Å²) in [5, 5.41) is 8.06. The van der Waals surface area contributed by atoms with E-state index in [0.29, 0.717) is 11.4 Å². The van der Waals surface area contributed by atoms with Crippen molar-refractivity contribution in [3.63, 3.8) is 0 Å². The van der Waals surface area contributed by atoms with Crippen molar-refractivity contribution in [1.82, 2.24) is 19.4 Å². The molecule has 0 atom stereocenters. The van der Waals surface area contributed by atoms with Gasteiger partial charge in [-0.3, -0.25) is 14.4 Å². The Morgan fingerprint density at radius 1 is 1.04 bits per heavy atom. The molecule has 0 aliphatic heterocycles. The van der Waals surface area contributed by atoms with Gasteiger partial charge < -0.3 is 25.1 Å². The van der Waals surface area contributed by atoms with Crippen LogP contribution in [0.4, 0.5) is 11.5 Å². The molecule has 0 saturated heterocycles. The van der Waals surface area contributed by atoms with Gasteiger partial charge in [-0.1, -0.05) is 12.8 Å². The lowest BCUT2D eigenvalue weighted by atomic mass is 10.1. The average Bonchev–Trinajstić information content (AvgIpc) is 3.35. The van der Waals surface area contributed by atoms with E-state index in [1.165, 1.54) is 11.6 Å². The fraction of sp³-hybridized carbons (Fsp3) is 0.444. The highest BCUT2D eigenvalue weighted by molar-refractivity contribution is 6.04. The third-order valence-corrected chi connectivity index (χ3v) is 4.78. The number of carbonyl (C=O) groups is 3. The number of rotatable bonds is 5. The maximum absolute atomic E-state index is 12.6. The molecule has 0 unspecified atom stereocenters. The standard InChI is InChI=1S/C18H24N6O3/c1-19-18(27)15-21-14(10-24(15)3)22-17(26)13-8-12(9-23(13)2)20-16(25)11-6-4-5-7-11/h8-11H,4-7H2,1-3H3,(H,19,27)(H,20,25)(H,22,26). The molecule has 0 aromatic carbocycles. The van der Waals surface area contributed by atoms with Gasteiger partial charge in [-0.2, -0.15) is 0 Å². The highest BCUT2D eigenvalue weighted by Gasteiger charge is 2.23. The number of imidazole rings is 1. The predicted molar refractivity (Wildman–Crippen MR) is 101 cm³/mol. The molecule has 1 aliphatic carbocycles. The summed E-state index contributed by atoms with van der Waals surface area (Å²) < 4.78 is 3.18. The quantitative estimate of drug-likeness (QED) is 0.739. The number of hydrogen-bond acceptors (Lipinski definition) is 4. The number of aryl methyl sites for hydroxylation is 2. The molecule has 0 radical (unpaired) electrons. The topological polar surface area (TPSA) is 110 Å². The van der Waals surface area contributed by atoms with E-state index in [2.05, 4.69) is 20.9 Å².